The Morgan fingerprint density at radius 3 is 2.64 bits per heavy atom. The minimum absolute atomic E-state index is 0.232. The van der Waals surface area contributed by atoms with E-state index in [2.05, 4.69) is 27.5 Å². The SMILES string of the molecule is CCCCNC(=O)c1cc(Nc2c(Cl)cccc2Cl)ncn1. The number of hydrogen-bond acceptors (Lipinski definition) is 4. The molecule has 0 spiro atoms. The fraction of sp³-hybridized carbons (Fsp3) is 0.267. The molecule has 1 aromatic carbocycles. The molecule has 0 saturated carbocycles. The maximum atomic E-state index is 12.0. The maximum Gasteiger partial charge on any atom is 0.270 e. The van der Waals surface area contributed by atoms with Gasteiger partial charge in [0.05, 0.1) is 15.7 Å². The van der Waals surface area contributed by atoms with E-state index in [0.29, 0.717) is 28.1 Å². The highest BCUT2D eigenvalue weighted by Gasteiger charge is 2.10. The summed E-state index contributed by atoms with van der Waals surface area (Å²) in [6.45, 7) is 2.69. The minimum atomic E-state index is -0.232. The Morgan fingerprint density at radius 2 is 1.95 bits per heavy atom. The second-order valence-corrected chi connectivity index (χ2v) is 5.43. The molecule has 0 unspecified atom stereocenters. The standard InChI is InChI=1S/C15H16Cl2N4O/c1-2-3-7-18-15(22)12-8-13(20-9-19-12)21-14-10(16)5-4-6-11(14)17/h4-6,8-9H,2-3,7H2,1H3,(H,18,22)(H,19,20,21). The molecule has 0 aliphatic heterocycles. The van der Waals surface area contributed by atoms with Crippen molar-refractivity contribution in [2.24, 2.45) is 0 Å². The van der Waals surface area contributed by atoms with Gasteiger partial charge in [-0.3, -0.25) is 4.79 Å². The van der Waals surface area contributed by atoms with Gasteiger partial charge in [-0.05, 0) is 18.6 Å². The molecule has 5 nitrogen and oxygen atoms in total. The number of amides is 1. The first-order chi connectivity index (χ1) is 10.6. The molecular formula is C15H16Cl2N4O. The maximum absolute atomic E-state index is 12.0. The average molecular weight is 339 g/mol. The Kier molecular flexibility index (Phi) is 5.98. The fourth-order valence-electron chi connectivity index (χ4n) is 1.76. The largest absolute Gasteiger partial charge is 0.351 e. The second-order valence-electron chi connectivity index (χ2n) is 4.62. The molecular weight excluding hydrogens is 323 g/mol. The van der Waals surface area contributed by atoms with E-state index in [1.54, 1.807) is 24.3 Å². The van der Waals surface area contributed by atoms with Gasteiger partial charge in [0.2, 0.25) is 0 Å². The number of nitrogens with zero attached hydrogens (tertiary/aromatic N) is 2. The van der Waals surface area contributed by atoms with E-state index in [1.165, 1.54) is 6.33 Å². The number of hydrogen-bond donors (Lipinski definition) is 2. The number of nitrogens with one attached hydrogen (secondary N) is 2. The smallest absolute Gasteiger partial charge is 0.270 e. The van der Waals surface area contributed by atoms with Crippen LogP contribution in [0.25, 0.3) is 0 Å². The topological polar surface area (TPSA) is 66.9 Å². The van der Waals surface area contributed by atoms with Crippen LogP contribution in [0.15, 0.2) is 30.6 Å². The third-order valence-electron chi connectivity index (χ3n) is 2.93. The van der Waals surface area contributed by atoms with E-state index in [9.17, 15) is 4.79 Å². The molecule has 0 aliphatic carbocycles. The highest BCUT2D eigenvalue weighted by atomic mass is 35.5. The number of aromatic nitrogens is 2. The normalized spacial score (nSPS) is 10.3. The van der Waals surface area contributed by atoms with E-state index in [1.807, 2.05) is 0 Å². The first kappa shape index (κ1) is 16.5. The third kappa shape index (κ3) is 4.32. The molecule has 1 heterocycles. The van der Waals surface area contributed by atoms with Gasteiger partial charge in [0, 0.05) is 12.6 Å². The van der Waals surface area contributed by atoms with E-state index < -0.39 is 0 Å². The molecule has 2 N–H and O–H groups in total. The first-order valence-electron chi connectivity index (χ1n) is 6.93. The van der Waals surface area contributed by atoms with Crippen molar-refractivity contribution in [3.63, 3.8) is 0 Å². The van der Waals surface area contributed by atoms with Crippen molar-refractivity contribution in [1.29, 1.82) is 0 Å². The summed E-state index contributed by atoms with van der Waals surface area (Å²) in [6, 6.07) is 6.74. The van der Waals surface area contributed by atoms with Crippen molar-refractivity contribution in [3.8, 4) is 0 Å². The molecule has 0 bridgehead atoms. The Bertz CT molecular complexity index is 643. The summed E-state index contributed by atoms with van der Waals surface area (Å²) < 4.78 is 0. The Labute approximate surface area is 139 Å². The van der Waals surface area contributed by atoms with Crippen molar-refractivity contribution in [2.45, 2.75) is 19.8 Å². The summed E-state index contributed by atoms with van der Waals surface area (Å²) in [5.41, 5.74) is 0.832. The lowest BCUT2D eigenvalue weighted by molar-refractivity contribution is 0.0948. The van der Waals surface area contributed by atoms with E-state index in [-0.39, 0.29) is 11.6 Å². The van der Waals surface area contributed by atoms with Crippen LogP contribution < -0.4 is 10.6 Å². The number of anilines is 2. The molecule has 2 aromatic rings. The van der Waals surface area contributed by atoms with Crippen LogP contribution in [0.5, 0.6) is 0 Å². The van der Waals surface area contributed by atoms with Crippen LogP contribution in [0.1, 0.15) is 30.3 Å². The summed E-state index contributed by atoms with van der Waals surface area (Å²) in [6.07, 6.45) is 3.26. The second kappa shape index (κ2) is 7.96. The van der Waals surface area contributed by atoms with Crippen molar-refractivity contribution in [3.05, 3.63) is 46.3 Å². The van der Waals surface area contributed by atoms with Crippen molar-refractivity contribution in [2.75, 3.05) is 11.9 Å². The van der Waals surface area contributed by atoms with Gasteiger partial charge in [0.1, 0.15) is 17.8 Å². The molecule has 116 valence electrons. The average Bonchev–Trinajstić information content (AvgIpc) is 2.51. The molecule has 0 fully saturated rings. The number of unbranched alkanes of at least 4 members (excludes halogenated alkanes) is 1. The first-order valence-corrected chi connectivity index (χ1v) is 7.68. The zero-order valence-corrected chi connectivity index (χ0v) is 13.6. The molecule has 7 heteroatoms. The van der Waals surface area contributed by atoms with Gasteiger partial charge >= 0.3 is 0 Å². The van der Waals surface area contributed by atoms with Gasteiger partial charge < -0.3 is 10.6 Å². The summed E-state index contributed by atoms with van der Waals surface area (Å²) in [5.74, 6) is 0.217. The van der Waals surface area contributed by atoms with E-state index in [4.69, 9.17) is 23.2 Å². The highest BCUT2D eigenvalue weighted by Crippen LogP contribution is 2.31. The Morgan fingerprint density at radius 1 is 1.23 bits per heavy atom. The van der Waals surface area contributed by atoms with Crippen LogP contribution in [0.2, 0.25) is 10.0 Å². The zero-order chi connectivity index (χ0) is 15.9. The summed E-state index contributed by atoms with van der Waals surface area (Å²) in [4.78, 5) is 20.0. The summed E-state index contributed by atoms with van der Waals surface area (Å²) in [7, 11) is 0. The van der Waals surface area contributed by atoms with Gasteiger partial charge in [-0.15, -0.1) is 0 Å². The number of benzene rings is 1. The number of carbonyl (C=O) groups is 1. The summed E-state index contributed by atoms with van der Waals surface area (Å²) in [5, 5.41) is 6.76. The Balaban J connectivity index is 2.13. The highest BCUT2D eigenvalue weighted by molar-refractivity contribution is 6.39. The predicted octanol–water partition coefficient (Wildman–Crippen LogP) is 4.06. The lowest BCUT2D eigenvalue weighted by Crippen LogP contribution is -2.25. The van der Waals surface area contributed by atoms with Crippen LogP contribution in [-0.4, -0.2) is 22.4 Å². The monoisotopic (exact) mass is 338 g/mol. The number of halogens is 2. The van der Waals surface area contributed by atoms with Gasteiger partial charge in [0.15, 0.2) is 0 Å². The van der Waals surface area contributed by atoms with Crippen LogP contribution in [-0.2, 0) is 0 Å². The molecule has 0 radical (unpaired) electrons. The zero-order valence-electron chi connectivity index (χ0n) is 12.1. The van der Waals surface area contributed by atoms with E-state index >= 15 is 0 Å². The lowest BCUT2D eigenvalue weighted by Gasteiger charge is -2.10. The molecule has 1 aromatic heterocycles. The van der Waals surface area contributed by atoms with E-state index in [0.717, 1.165) is 12.8 Å². The molecule has 0 atom stereocenters. The van der Waals surface area contributed by atoms with Gasteiger partial charge in [-0.1, -0.05) is 42.6 Å². The van der Waals surface area contributed by atoms with Gasteiger partial charge in [-0.2, -0.15) is 0 Å². The molecule has 22 heavy (non-hydrogen) atoms. The van der Waals surface area contributed by atoms with Crippen LogP contribution >= 0.6 is 23.2 Å². The van der Waals surface area contributed by atoms with Gasteiger partial charge in [0.25, 0.3) is 5.91 Å². The van der Waals surface area contributed by atoms with Crippen LogP contribution in [0.4, 0.5) is 11.5 Å². The molecule has 0 saturated heterocycles. The molecule has 0 aliphatic rings. The van der Waals surface area contributed by atoms with Gasteiger partial charge in [-0.25, -0.2) is 9.97 Å². The van der Waals surface area contributed by atoms with Crippen LogP contribution in [0.3, 0.4) is 0 Å². The predicted molar refractivity (Wildman–Crippen MR) is 89.0 cm³/mol. The Hall–Kier alpha value is -1.85. The quantitative estimate of drug-likeness (QED) is 0.779. The number of carbonyl (C=O) groups excluding carboxylic acids is 1. The fourth-order valence-corrected chi connectivity index (χ4v) is 2.26. The number of para-hydroxylation sites is 1. The van der Waals surface area contributed by atoms with Crippen molar-refractivity contribution in [1.82, 2.24) is 15.3 Å². The minimum Gasteiger partial charge on any atom is -0.351 e. The summed E-state index contributed by atoms with van der Waals surface area (Å²) >= 11 is 12.2. The molecule has 2 rings (SSSR count). The van der Waals surface area contributed by atoms with Crippen molar-refractivity contribution >= 4 is 40.6 Å². The van der Waals surface area contributed by atoms with Crippen molar-refractivity contribution < 1.29 is 4.79 Å². The third-order valence-corrected chi connectivity index (χ3v) is 3.56. The van der Waals surface area contributed by atoms with Crippen LogP contribution in [0, 0.1) is 0 Å². The lowest BCUT2D eigenvalue weighted by atomic mass is 10.3. The number of rotatable bonds is 6. The molecule has 1 amide bonds.